The molecule has 0 saturated heterocycles. The number of aromatic nitrogens is 2. The molecule has 4 nitrogen and oxygen atoms in total. The summed E-state index contributed by atoms with van der Waals surface area (Å²) < 4.78 is 1.66. The van der Waals surface area contributed by atoms with Crippen LogP contribution in [0.2, 0.25) is 0 Å². The summed E-state index contributed by atoms with van der Waals surface area (Å²) in [6.07, 6.45) is 9.97. The van der Waals surface area contributed by atoms with Gasteiger partial charge in [0.05, 0.1) is 12.2 Å². The van der Waals surface area contributed by atoms with E-state index in [1.807, 2.05) is 13.1 Å². The summed E-state index contributed by atoms with van der Waals surface area (Å²) in [7, 11) is 1.82. The minimum atomic E-state index is -0.525. The first kappa shape index (κ1) is 13.6. The Balaban J connectivity index is 2.30. The Morgan fingerprint density at radius 2 is 2.35 bits per heavy atom. The molecule has 0 bridgehead atoms. The van der Waals surface area contributed by atoms with Crippen molar-refractivity contribution in [2.75, 3.05) is 0 Å². The maximum absolute atomic E-state index is 11.8. The highest BCUT2D eigenvalue weighted by Crippen LogP contribution is 2.14. The fraction of sp³-hybridized carbons (Fsp3) is 0.538. The second kappa shape index (κ2) is 7.01. The predicted molar refractivity (Wildman–Crippen MR) is 68.4 cm³/mol. The van der Waals surface area contributed by atoms with E-state index in [-0.39, 0.29) is 5.78 Å². The predicted octanol–water partition coefficient (Wildman–Crippen LogP) is 2.13. The van der Waals surface area contributed by atoms with Crippen molar-refractivity contribution in [2.45, 2.75) is 38.1 Å². The first-order valence-electron chi connectivity index (χ1n) is 6.03. The van der Waals surface area contributed by atoms with Gasteiger partial charge in [0.15, 0.2) is 5.78 Å². The maximum Gasteiger partial charge on any atom is 0.154 e. The van der Waals surface area contributed by atoms with E-state index in [0.29, 0.717) is 6.42 Å². The molecule has 1 rings (SSSR count). The molecule has 0 aliphatic heterocycles. The quantitative estimate of drug-likeness (QED) is 0.554. The van der Waals surface area contributed by atoms with Gasteiger partial charge in [0.25, 0.3) is 0 Å². The monoisotopic (exact) mass is 235 g/mol. The molecule has 1 atom stereocenters. The Hall–Kier alpha value is -1.42. The number of nitrogens with zero attached hydrogens (tertiary/aromatic N) is 2. The summed E-state index contributed by atoms with van der Waals surface area (Å²) in [5.74, 6) is 0.0941. The molecular formula is C13H21N3O. The zero-order valence-corrected chi connectivity index (χ0v) is 10.4. The Kier molecular flexibility index (Phi) is 5.63. The highest BCUT2D eigenvalue weighted by Gasteiger charge is 2.16. The van der Waals surface area contributed by atoms with Crippen molar-refractivity contribution in [3.8, 4) is 0 Å². The van der Waals surface area contributed by atoms with Crippen LogP contribution in [0.25, 0.3) is 0 Å². The van der Waals surface area contributed by atoms with Crippen molar-refractivity contribution in [3.05, 3.63) is 30.6 Å². The Bertz CT molecular complexity index is 370. The number of unbranched alkanes of at least 4 members (excludes halogenated alkanes) is 3. The van der Waals surface area contributed by atoms with Gasteiger partial charge in [-0.3, -0.25) is 9.48 Å². The fourth-order valence-corrected chi connectivity index (χ4v) is 1.71. The molecule has 0 saturated carbocycles. The molecule has 0 aromatic carbocycles. The van der Waals surface area contributed by atoms with Crippen LogP contribution in [0, 0.1) is 0 Å². The third-order valence-electron chi connectivity index (χ3n) is 2.76. The van der Waals surface area contributed by atoms with E-state index in [4.69, 9.17) is 5.73 Å². The van der Waals surface area contributed by atoms with Gasteiger partial charge in [0.2, 0.25) is 0 Å². The summed E-state index contributed by atoms with van der Waals surface area (Å²) in [5, 5.41) is 4.01. The third-order valence-corrected chi connectivity index (χ3v) is 2.76. The van der Waals surface area contributed by atoms with Crippen molar-refractivity contribution in [1.29, 1.82) is 0 Å². The number of rotatable bonds is 8. The van der Waals surface area contributed by atoms with Gasteiger partial charge in [0.1, 0.15) is 0 Å². The van der Waals surface area contributed by atoms with E-state index in [2.05, 4.69) is 11.7 Å². The van der Waals surface area contributed by atoms with E-state index in [0.717, 1.165) is 31.2 Å². The maximum atomic E-state index is 11.8. The Morgan fingerprint density at radius 3 is 2.94 bits per heavy atom. The molecular weight excluding hydrogens is 214 g/mol. The molecule has 0 fully saturated rings. The SMILES string of the molecule is C=CCCCCCC(=O)C(N)c1cnn(C)c1. The lowest BCUT2D eigenvalue weighted by atomic mass is 10.0. The zero-order valence-electron chi connectivity index (χ0n) is 10.4. The Labute approximate surface area is 102 Å². The smallest absolute Gasteiger partial charge is 0.154 e. The number of hydrogen-bond acceptors (Lipinski definition) is 3. The normalized spacial score (nSPS) is 12.4. The molecule has 17 heavy (non-hydrogen) atoms. The van der Waals surface area contributed by atoms with Crippen LogP contribution in [-0.2, 0) is 11.8 Å². The van der Waals surface area contributed by atoms with Crippen LogP contribution in [-0.4, -0.2) is 15.6 Å². The number of carbonyl (C=O) groups is 1. The van der Waals surface area contributed by atoms with Crippen molar-refractivity contribution in [3.63, 3.8) is 0 Å². The molecule has 0 radical (unpaired) electrons. The van der Waals surface area contributed by atoms with E-state index >= 15 is 0 Å². The highest BCUT2D eigenvalue weighted by molar-refractivity contribution is 5.84. The van der Waals surface area contributed by atoms with E-state index < -0.39 is 6.04 Å². The first-order chi connectivity index (χ1) is 8.15. The van der Waals surface area contributed by atoms with Gasteiger partial charge < -0.3 is 5.73 Å². The van der Waals surface area contributed by atoms with Crippen molar-refractivity contribution in [1.82, 2.24) is 9.78 Å². The fourth-order valence-electron chi connectivity index (χ4n) is 1.71. The van der Waals surface area contributed by atoms with Crippen LogP contribution in [0.5, 0.6) is 0 Å². The van der Waals surface area contributed by atoms with E-state index in [1.165, 1.54) is 0 Å². The van der Waals surface area contributed by atoms with Crippen LogP contribution < -0.4 is 5.73 Å². The van der Waals surface area contributed by atoms with Gasteiger partial charge in [-0.05, 0) is 19.3 Å². The lowest BCUT2D eigenvalue weighted by molar-refractivity contribution is -0.120. The highest BCUT2D eigenvalue weighted by atomic mass is 16.1. The molecule has 1 aromatic rings. The second-order valence-electron chi connectivity index (χ2n) is 4.28. The molecule has 1 heterocycles. The number of hydrogen-bond donors (Lipinski definition) is 1. The van der Waals surface area contributed by atoms with Crippen LogP contribution >= 0.6 is 0 Å². The van der Waals surface area contributed by atoms with Crippen molar-refractivity contribution >= 4 is 5.78 Å². The first-order valence-corrected chi connectivity index (χ1v) is 6.03. The summed E-state index contributed by atoms with van der Waals surface area (Å²) in [4.78, 5) is 11.8. The summed E-state index contributed by atoms with van der Waals surface area (Å²) in [6.45, 7) is 3.67. The molecule has 0 spiro atoms. The Morgan fingerprint density at radius 1 is 1.59 bits per heavy atom. The van der Waals surface area contributed by atoms with Gasteiger partial charge in [-0.2, -0.15) is 5.10 Å². The number of nitrogens with two attached hydrogens (primary N) is 1. The largest absolute Gasteiger partial charge is 0.318 e. The van der Waals surface area contributed by atoms with Gasteiger partial charge in [0, 0.05) is 25.2 Å². The van der Waals surface area contributed by atoms with E-state index in [9.17, 15) is 4.79 Å². The minimum Gasteiger partial charge on any atom is -0.318 e. The molecule has 0 aliphatic rings. The lowest BCUT2D eigenvalue weighted by Gasteiger charge is -2.07. The molecule has 4 heteroatoms. The summed E-state index contributed by atoms with van der Waals surface area (Å²) >= 11 is 0. The third kappa shape index (κ3) is 4.53. The van der Waals surface area contributed by atoms with Crippen LogP contribution in [0.4, 0.5) is 0 Å². The second-order valence-corrected chi connectivity index (χ2v) is 4.28. The number of aryl methyl sites for hydroxylation is 1. The molecule has 2 N–H and O–H groups in total. The van der Waals surface area contributed by atoms with Crippen LogP contribution in [0.3, 0.4) is 0 Å². The van der Waals surface area contributed by atoms with Crippen LogP contribution in [0.15, 0.2) is 25.0 Å². The molecule has 1 aromatic heterocycles. The molecule has 1 unspecified atom stereocenters. The number of allylic oxidation sites excluding steroid dienone is 1. The molecule has 0 aliphatic carbocycles. The number of carbonyl (C=O) groups excluding carboxylic acids is 1. The summed E-state index contributed by atoms with van der Waals surface area (Å²) in [6, 6.07) is -0.525. The number of Topliss-reactive ketones (excluding diaryl/α,β-unsaturated/α-hetero) is 1. The zero-order chi connectivity index (χ0) is 12.7. The van der Waals surface area contributed by atoms with Crippen molar-refractivity contribution in [2.24, 2.45) is 12.8 Å². The average Bonchev–Trinajstić information content (AvgIpc) is 2.74. The van der Waals surface area contributed by atoms with Gasteiger partial charge in [-0.25, -0.2) is 0 Å². The number of ketones is 1. The van der Waals surface area contributed by atoms with E-state index in [1.54, 1.807) is 17.1 Å². The molecule has 94 valence electrons. The van der Waals surface area contributed by atoms with Gasteiger partial charge in [-0.1, -0.05) is 12.5 Å². The summed E-state index contributed by atoms with van der Waals surface area (Å²) in [5.41, 5.74) is 6.67. The van der Waals surface area contributed by atoms with Gasteiger partial charge >= 0.3 is 0 Å². The minimum absolute atomic E-state index is 0.0941. The van der Waals surface area contributed by atoms with Gasteiger partial charge in [-0.15, -0.1) is 6.58 Å². The topological polar surface area (TPSA) is 60.9 Å². The van der Waals surface area contributed by atoms with Crippen molar-refractivity contribution < 1.29 is 4.79 Å². The standard InChI is InChI=1S/C13H21N3O/c1-3-4-5-6-7-8-12(17)13(14)11-9-15-16(2)10-11/h3,9-10,13H,1,4-8,14H2,2H3. The van der Waals surface area contributed by atoms with Crippen LogP contribution in [0.1, 0.15) is 43.7 Å². The molecule has 0 amide bonds. The lowest BCUT2D eigenvalue weighted by Crippen LogP contribution is -2.20. The average molecular weight is 235 g/mol.